The lowest BCUT2D eigenvalue weighted by Gasteiger charge is -2.31. The number of nitrogens with one attached hydrogen (secondary N) is 2. The highest BCUT2D eigenvalue weighted by atomic mass is 35.5. The molecule has 1 unspecified atom stereocenters. The van der Waals surface area contributed by atoms with Crippen LogP contribution in [-0.4, -0.2) is 63.8 Å². The minimum absolute atomic E-state index is 0.0872. The van der Waals surface area contributed by atoms with Crippen LogP contribution in [0.15, 0.2) is 29.3 Å². The van der Waals surface area contributed by atoms with Crippen LogP contribution in [0.25, 0.3) is 0 Å². The van der Waals surface area contributed by atoms with Crippen molar-refractivity contribution in [3.05, 3.63) is 34.9 Å². The normalized spacial score (nSPS) is 19.7. The highest BCUT2D eigenvalue weighted by Crippen LogP contribution is 2.22. The predicted octanol–water partition coefficient (Wildman–Crippen LogP) is 2.40. The number of guanidine groups is 1. The largest absolute Gasteiger partial charge is 0.374 e. The zero-order valence-electron chi connectivity index (χ0n) is 15.8. The van der Waals surface area contributed by atoms with Crippen molar-refractivity contribution in [2.24, 2.45) is 10.4 Å². The molecule has 0 amide bonds. The predicted molar refractivity (Wildman–Crippen MR) is 106 cm³/mol. The summed E-state index contributed by atoms with van der Waals surface area (Å²) in [4.78, 5) is 6.61. The first-order valence-corrected chi connectivity index (χ1v) is 9.25. The number of halogens is 1. The number of likely N-dealkylation sites (N-methyl/N-ethyl adjacent to an activating group) is 1. The van der Waals surface area contributed by atoms with Gasteiger partial charge in [-0.15, -0.1) is 0 Å². The van der Waals surface area contributed by atoms with Gasteiger partial charge in [-0.3, -0.25) is 4.99 Å². The van der Waals surface area contributed by atoms with Crippen molar-refractivity contribution in [3.63, 3.8) is 0 Å². The van der Waals surface area contributed by atoms with Crippen LogP contribution in [0.1, 0.15) is 19.4 Å². The van der Waals surface area contributed by atoms with Crippen LogP contribution in [0.4, 0.5) is 0 Å². The van der Waals surface area contributed by atoms with Gasteiger partial charge >= 0.3 is 0 Å². The zero-order chi connectivity index (χ0) is 18.3. The van der Waals surface area contributed by atoms with Gasteiger partial charge < -0.3 is 20.3 Å². The lowest BCUT2D eigenvalue weighted by molar-refractivity contribution is -0.0161. The summed E-state index contributed by atoms with van der Waals surface area (Å²) < 4.78 is 5.78. The van der Waals surface area contributed by atoms with E-state index in [-0.39, 0.29) is 11.5 Å². The molecule has 0 aliphatic carbocycles. The average Bonchev–Trinajstić information content (AvgIpc) is 2.54. The standard InChI is InChI=1S/C19H31ClN4O/c1-19(2,11-15-6-5-7-16(20)10-15)14-23-18(21-3)22-12-17-13-24(4)8-9-25-17/h5-7,10,17H,8-9,11-14H2,1-4H3,(H2,21,22,23). The summed E-state index contributed by atoms with van der Waals surface area (Å²) >= 11 is 6.09. The van der Waals surface area contributed by atoms with Crippen molar-refractivity contribution in [1.82, 2.24) is 15.5 Å². The fourth-order valence-corrected chi connectivity index (χ4v) is 3.22. The van der Waals surface area contributed by atoms with E-state index in [1.807, 2.05) is 18.2 Å². The molecule has 140 valence electrons. The number of rotatable bonds is 6. The summed E-state index contributed by atoms with van der Waals surface area (Å²) in [6.07, 6.45) is 1.16. The molecule has 0 aromatic heterocycles. The van der Waals surface area contributed by atoms with Crippen molar-refractivity contribution in [2.45, 2.75) is 26.4 Å². The van der Waals surface area contributed by atoms with Gasteiger partial charge in [-0.1, -0.05) is 37.6 Å². The second kappa shape index (κ2) is 9.41. The minimum atomic E-state index is 0.0872. The Balaban J connectivity index is 1.78. The molecule has 1 fully saturated rings. The SMILES string of the molecule is CN=C(NCC1CN(C)CCO1)NCC(C)(C)Cc1cccc(Cl)c1. The maximum Gasteiger partial charge on any atom is 0.191 e. The summed E-state index contributed by atoms with van der Waals surface area (Å²) in [5.41, 5.74) is 1.34. The Labute approximate surface area is 156 Å². The molecule has 1 aromatic rings. The third-order valence-corrected chi connectivity index (χ3v) is 4.60. The van der Waals surface area contributed by atoms with E-state index >= 15 is 0 Å². The number of hydrogen-bond donors (Lipinski definition) is 2. The third kappa shape index (κ3) is 7.22. The molecular formula is C19H31ClN4O. The fraction of sp³-hybridized carbons (Fsp3) is 0.632. The molecule has 5 nitrogen and oxygen atoms in total. The van der Waals surface area contributed by atoms with Gasteiger partial charge in [0.15, 0.2) is 5.96 Å². The van der Waals surface area contributed by atoms with E-state index in [9.17, 15) is 0 Å². The van der Waals surface area contributed by atoms with Crippen LogP contribution in [-0.2, 0) is 11.2 Å². The molecule has 0 radical (unpaired) electrons. The Hall–Kier alpha value is -1.30. The maximum atomic E-state index is 6.09. The van der Waals surface area contributed by atoms with Gasteiger partial charge in [0.05, 0.1) is 12.7 Å². The van der Waals surface area contributed by atoms with Crippen molar-refractivity contribution in [2.75, 3.05) is 46.9 Å². The molecule has 2 rings (SSSR count). The molecule has 0 saturated carbocycles. The molecule has 1 aliphatic heterocycles. The number of benzene rings is 1. The Morgan fingerprint density at radius 1 is 1.40 bits per heavy atom. The molecule has 1 aromatic carbocycles. The van der Waals surface area contributed by atoms with E-state index in [0.717, 1.165) is 50.2 Å². The highest BCUT2D eigenvalue weighted by molar-refractivity contribution is 6.30. The zero-order valence-corrected chi connectivity index (χ0v) is 16.6. The van der Waals surface area contributed by atoms with Crippen molar-refractivity contribution < 1.29 is 4.74 Å². The summed E-state index contributed by atoms with van der Waals surface area (Å²) in [6.45, 7) is 8.82. The molecule has 6 heteroatoms. The Morgan fingerprint density at radius 3 is 2.88 bits per heavy atom. The molecule has 0 spiro atoms. The first-order chi connectivity index (χ1) is 11.9. The van der Waals surface area contributed by atoms with Crippen molar-refractivity contribution in [3.8, 4) is 0 Å². The summed E-state index contributed by atoms with van der Waals surface area (Å²) in [5, 5.41) is 7.59. The fourth-order valence-electron chi connectivity index (χ4n) is 3.01. The van der Waals surface area contributed by atoms with Crippen LogP contribution in [0.2, 0.25) is 5.02 Å². The lowest BCUT2D eigenvalue weighted by atomic mass is 9.86. The monoisotopic (exact) mass is 366 g/mol. The molecule has 1 heterocycles. The van der Waals surface area contributed by atoms with Gasteiger partial charge in [0.2, 0.25) is 0 Å². The van der Waals surface area contributed by atoms with Gasteiger partial charge in [-0.25, -0.2) is 0 Å². The molecular weight excluding hydrogens is 336 g/mol. The summed E-state index contributed by atoms with van der Waals surface area (Å²) in [6, 6.07) is 8.07. The van der Waals surface area contributed by atoms with Gasteiger partial charge in [0.1, 0.15) is 0 Å². The average molecular weight is 367 g/mol. The highest BCUT2D eigenvalue weighted by Gasteiger charge is 2.21. The Bertz CT molecular complexity index is 576. The van der Waals surface area contributed by atoms with E-state index in [0.29, 0.717) is 0 Å². The number of morpholine rings is 1. The van der Waals surface area contributed by atoms with Crippen LogP contribution in [0.5, 0.6) is 0 Å². The van der Waals surface area contributed by atoms with E-state index in [2.05, 4.69) is 47.5 Å². The van der Waals surface area contributed by atoms with E-state index < -0.39 is 0 Å². The number of hydrogen-bond acceptors (Lipinski definition) is 3. The van der Waals surface area contributed by atoms with E-state index in [4.69, 9.17) is 16.3 Å². The molecule has 2 N–H and O–H groups in total. The maximum absolute atomic E-state index is 6.09. The Morgan fingerprint density at radius 2 is 2.20 bits per heavy atom. The lowest BCUT2D eigenvalue weighted by Crippen LogP contribution is -2.49. The molecule has 1 atom stereocenters. The van der Waals surface area contributed by atoms with E-state index in [1.165, 1.54) is 5.56 Å². The molecule has 0 bridgehead atoms. The third-order valence-electron chi connectivity index (χ3n) is 4.37. The summed E-state index contributed by atoms with van der Waals surface area (Å²) in [7, 11) is 3.92. The van der Waals surface area contributed by atoms with E-state index in [1.54, 1.807) is 7.05 Å². The smallest absolute Gasteiger partial charge is 0.191 e. The quantitative estimate of drug-likeness (QED) is 0.599. The van der Waals surface area contributed by atoms with Crippen LogP contribution in [0, 0.1) is 5.41 Å². The molecule has 25 heavy (non-hydrogen) atoms. The van der Waals surface area contributed by atoms with Gasteiger partial charge in [0, 0.05) is 38.2 Å². The van der Waals surface area contributed by atoms with Crippen LogP contribution in [0.3, 0.4) is 0 Å². The topological polar surface area (TPSA) is 48.9 Å². The minimum Gasteiger partial charge on any atom is -0.374 e. The van der Waals surface area contributed by atoms with Gasteiger partial charge in [0.25, 0.3) is 0 Å². The molecule has 1 aliphatic rings. The second-order valence-electron chi connectivity index (χ2n) is 7.53. The number of ether oxygens (including phenoxy) is 1. The van der Waals surface area contributed by atoms with Gasteiger partial charge in [-0.2, -0.15) is 0 Å². The second-order valence-corrected chi connectivity index (χ2v) is 7.97. The van der Waals surface area contributed by atoms with Crippen LogP contribution < -0.4 is 10.6 Å². The van der Waals surface area contributed by atoms with Crippen molar-refractivity contribution >= 4 is 17.6 Å². The Kier molecular flexibility index (Phi) is 7.54. The van der Waals surface area contributed by atoms with Crippen molar-refractivity contribution in [1.29, 1.82) is 0 Å². The van der Waals surface area contributed by atoms with Crippen LogP contribution >= 0.6 is 11.6 Å². The summed E-state index contributed by atoms with van der Waals surface area (Å²) in [5.74, 6) is 0.816. The first kappa shape index (κ1) is 20.0. The first-order valence-electron chi connectivity index (χ1n) is 8.87. The number of aliphatic imine (C=N–C) groups is 1. The number of nitrogens with zero attached hydrogens (tertiary/aromatic N) is 2. The van der Waals surface area contributed by atoms with Gasteiger partial charge in [-0.05, 0) is 36.6 Å². The molecule has 1 saturated heterocycles.